The Morgan fingerprint density at radius 3 is 2.37 bits per heavy atom. The first-order valence-corrected chi connectivity index (χ1v) is 11.3. The third kappa shape index (κ3) is 4.39. The molecule has 4 aliphatic rings. The van der Waals surface area contributed by atoms with Crippen molar-refractivity contribution in [2.45, 2.75) is 58.0 Å². The Morgan fingerprint density at radius 2 is 1.83 bits per heavy atom. The Bertz CT molecular complexity index is 791. The highest BCUT2D eigenvalue weighted by molar-refractivity contribution is 5.97. The smallest absolute Gasteiger partial charge is 0.263 e. The van der Waals surface area contributed by atoms with Crippen LogP contribution in [-0.2, 0) is 11.3 Å². The van der Waals surface area contributed by atoms with Crippen molar-refractivity contribution in [3.8, 4) is 6.07 Å². The van der Waals surface area contributed by atoms with E-state index in [1.807, 2.05) is 35.2 Å². The number of amides is 1. The van der Waals surface area contributed by atoms with Crippen molar-refractivity contribution in [2.75, 3.05) is 13.2 Å². The van der Waals surface area contributed by atoms with Crippen molar-refractivity contribution in [3.63, 3.8) is 0 Å². The lowest BCUT2D eigenvalue weighted by Crippen LogP contribution is -2.56. The summed E-state index contributed by atoms with van der Waals surface area (Å²) in [5.74, 6) is 2.18. The second-order valence-electron chi connectivity index (χ2n) is 9.81. The first-order valence-electron chi connectivity index (χ1n) is 11.3. The van der Waals surface area contributed by atoms with Gasteiger partial charge in [0.15, 0.2) is 0 Å². The van der Waals surface area contributed by atoms with Crippen LogP contribution in [0.2, 0.25) is 0 Å². The fraction of sp³-hybridized carbons (Fsp3) is 0.600. The van der Waals surface area contributed by atoms with Crippen LogP contribution < -0.4 is 5.32 Å². The van der Waals surface area contributed by atoms with Gasteiger partial charge in [0.05, 0.1) is 6.61 Å². The largest absolute Gasteiger partial charge is 0.395 e. The molecule has 1 unspecified atom stereocenters. The standard InChI is InChI=1S/C25H33N3O2/c1-18(25-12-20-9-21(13-25)11-22(10-20)14-25)27-24(30)23(15-26)17-28(7-8-29)16-19-5-3-2-4-6-19/h2-6,17-18,20-22,29H,7-14,16H2,1H3,(H,27,30)/b23-17-. The van der Waals surface area contributed by atoms with E-state index in [0.29, 0.717) is 13.1 Å². The minimum Gasteiger partial charge on any atom is -0.395 e. The molecule has 4 aliphatic carbocycles. The highest BCUT2D eigenvalue weighted by Gasteiger charge is 2.53. The van der Waals surface area contributed by atoms with Gasteiger partial charge in [0.25, 0.3) is 5.91 Å². The van der Waals surface area contributed by atoms with Crippen molar-refractivity contribution < 1.29 is 9.90 Å². The van der Waals surface area contributed by atoms with Gasteiger partial charge in [-0.3, -0.25) is 4.79 Å². The van der Waals surface area contributed by atoms with Gasteiger partial charge in [-0.15, -0.1) is 0 Å². The predicted molar refractivity (Wildman–Crippen MR) is 116 cm³/mol. The van der Waals surface area contributed by atoms with Gasteiger partial charge in [-0.05, 0) is 74.2 Å². The zero-order valence-electron chi connectivity index (χ0n) is 17.9. The Labute approximate surface area is 179 Å². The van der Waals surface area contributed by atoms with E-state index < -0.39 is 0 Å². The Balaban J connectivity index is 1.44. The maximum Gasteiger partial charge on any atom is 0.263 e. The molecule has 1 aromatic carbocycles. The van der Waals surface area contributed by atoms with Crippen LogP contribution in [0.25, 0.3) is 0 Å². The number of nitrogens with one attached hydrogen (secondary N) is 1. The lowest BCUT2D eigenvalue weighted by molar-refractivity contribution is -0.122. The van der Waals surface area contributed by atoms with Crippen LogP contribution in [0, 0.1) is 34.5 Å². The molecule has 0 aromatic heterocycles. The summed E-state index contributed by atoms with van der Waals surface area (Å²) >= 11 is 0. The lowest BCUT2D eigenvalue weighted by Gasteiger charge is -2.59. The van der Waals surface area contributed by atoms with Crippen LogP contribution in [0.3, 0.4) is 0 Å². The van der Waals surface area contributed by atoms with E-state index in [0.717, 1.165) is 23.3 Å². The van der Waals surface area contributed by atoms with Crippen LogP contribution in [0.5, 0.6) is 0 Å². The van der Waals surface area contributed by atoms with Gasteiger partial charge in [0, 0.05) is 25.3 Å². The van der Waals surface area contributed by atoms with Crippen LogP contribution in [0.15, 0.2) is 42.1 Å². The summed E-state index contributed by atoms with van der Waals surface area (Å²) in [5.41, 5.74) is 1.39. The van der Waals surface area contributed by atoms with E-state index in [1.165, 1.54) is 38.5 Å². The number of nitrogens with zero attached hydrogens (tertiary/aromatic N) is 2. The number of benzene rings is 1. The molecule has 4 bridgehead atoms. The lowest BCUT2D eigenvalue weighted by atomic mass is 9.48. The number of carbonyl (C=O) groups is 1. The zero-order valence-corrected chi connectivity index (χ0v) is 17.9. The second kappa shape index (κ2) is 8.81. The van der Waals surface area contributed by atoms with Crippen LogP contribution in [-0.4, -0.2) is 35.1 Å². The molecule has 1 atom stereocenters. The molecule has 0 heterocycles. The number of nitriles is 1. The highest BCUT2D eigenvalue weighted by atomic mass is 16.3. The average molecular weight is 408 g/mol. The minimum absolute atomic E-state index is 0.0344. The van der Waals surface area contributed by atoms with E-state index in [2.05, 4.69) is 18.3 Å². The van der Waals surface area contributed by atoms with Gasteiger partial charge >= 0.3 is 0 Å². The topological polar surface area (TPSA) is 76.4 Å². The zero-order chi connectivity index (χ0) is 21.1. The Hall–Kier alpha value is -2.32. The van der Waals surface area contributed by atoms with Gasteiger partial charge in [0.2, 0.25) is 0 Å². The summed E-state index contributed by atoms with van der Waals surface area (Å²) in [6, 6.07) is 12.0. The van der Waals surface area contributed by atoms with Crippen LogP contribution in [0.4, 0.5) is 0 Å². The molecule has 160 valence electrons. The molecule has 5 nitrogen and oxygen atoms in total. The van der Waals surface area contributed by atoms with Crippen LogP contribution in [0.1, 0.15) is 51.0 Å². The van der Waals surface area contributed by atoms with Crippen LogP contribution >= 0.6 is 0 Å². The number of carbonyl (C=O) groups excluding carboxylic acids is 1. The maximum atomic E-state index is 13.0. The fourth-order valence-electron chi connectivity index (χ4n) is 6.59. The van der Waals surface area contributed by atoms with Crippen molar-refractivity contribution >= 4 is 5.91 Å². The number of aliphatic hydroxyl groups is 1. The number of hydrogen-bond acceptors (Lipinski definition) is 4. The van der Waals surface area contributed by atoms with Gasteiger partial charge in [-0.25, -0.2) is 0 Å². The van der Waals surface area contributed by atoms with Crippen molar-refractivity contribution in [1.29, 1.82) is 5.26 Å². The molecule has 1 aromatic rings. The number of hydrogen-bond donors (Lipinski definition) is 2. The Morgan fingerprint density at radius 1 is 1.23 bits per heavy atom. The minimum atomic E-state index is -0.295. The molecule has 0 radical (unpaired) electrons. The average Bonchev–Trinajstić information content (AvgIpc) is 2.71. The van der Waals surface area contributed by atoms with E-state index >= 15 is 0 Å². The number of rotatable bonds is 8. The van der Waals surface area contributed by atoms with Crippen molar-refractivity contribution in [2.24, 2.45) is 23.2 Å². The maximum absolute atomic E-state index is 13.0. The third-order valence-electron chi connectivity index (χ3n) is 7.64. The second-order valence-corrected chi connectivity index (χ2v) is 9.81. The molecule has 30 heavy (non-hydrogen) atoms. The van der Waals surface area contributed by atoms with E-state index in [1.54, 1.807) is 6.20 Å². The summed E-state index contributed by atoms with van der Waals surface area (Å²) in [5, 5.41) is 22.3. The van der Waals surface area contributed by atoms with E-state index in [-0.39, 0.29) is 29.5 Å². The molecule has 0 aliphatic heterocycles. The molecule has 4 fully saturated rings. The van der Waals surface area contributed by atoms with Gasteiger partial charge < -0.3 is 15.3 Å². The van der Waals surface area contributed by atoms with Gasteiger partial charge in [-0.1, -0.05) is 30.3 Å². The quantitative estimate of drug-likeness (QED) is 0.510. The highest BCUT2D eigenvalue weighted by Crippen LogP contribution is 2.61. The first-order chi connectivity index (χ1) is 14.5. The molecule has 4 saturated carbocycles. The predicted octanol–water partition coefficient (Wildman–Crippen LogP) is 3.61. The molecule has 5 heteroatoms. The van der Waals surface area contributed by atoms with E-state index in [9.17, 15) is 15.2 Å². The summed E-state index contributed by atoms with van der Waals surface area (Å²) in [4.78, 5) is 14.8. The number of aliphatic hydroxyl groups excluding tert-OH is 1. The molecule has 0 spiro atoms. The van der Waals surface area contributed by atoms with Crippen molar-refractivity contribution in [1.82, 2.24) is 10.2 Å². The van der Waals surface area contributed by atoms with E-state index in [4.69, 9.17) is 0 Å². The first kappa shape index (κ1) is 20.9. The summed E-state index contributed by atoms with van der Waals surface area (Å²) in [6.07, 6.45) is 9.38. The molecular formula is C25H33N3O2. The third-order valence-corrected chi connectivity index (χ3v) is 7.64. The van der Waals surface area contributed by atoms with Gasteiger partial charge in [0.1, 0.15) is 11.6 Å². The van der Waals surface area contributed by atoms with Crippen molar-refractivity contribution in [3.05, 3.63) is 47.7 Å². The van der Waals surface area contributed by atoms with Gasteiger partial charge in [-0.2, -0.15) is 5.26 Å². The monoisotopic (exact) mass is 407 g/mol. The molecule has 5 rings (SSSR count). The summed E-state index contributed by atoms with van der Waals surface area (Å²) in [6.45, 7) is 3.02. The fourth-order valence-corrected chi connectivity index (χ4v) is 6.59. The molecule has 2 N–H and O–H groups in total. The molecule has 1 amide bonds. The molecular weight excluding hydrogens is 374 g/mol. The summed E-state index contributed by atoms with van der Waals surface area (Å²) < 4.78 is 0. The SMILES string of the molecule is CC(NC(=O)/C(C#N)=C\N(CCO)Cc1ccccc1)C12CC3CC(CC(C3)C1)C2. The normalized spacial score (nSPS) is 30.6. The summed E-state index contributed by atoms with van der Waals surface area (Å²) in [7, 11) is 0. The Kier molecular flexibility index (Phi) is 6.15. The molecule has 0 saturated heterocycles.